The molecule has 0 bridgehead atoms. The molecule has 8 heteroatoms. The number of nitro groups is 1. The number of nitrogens with zero attached hydrogens (tertiary/aromatic N) is 2. The Balaban J connectivity index is 2.19. The third-order valence-electron chi connectivity index (χ3n) is 3.15. The van der Waals surface area contributed by atoms with Crippen LogP contribution in [0, 0.1) is 10.1 Å². The maximum absolute atomic E-state index is 11.1. The van der Waals surface area contributed by atoms with Gasteiger partial charge in [-0.25, -0.2) is 4.79 Å². The summed E-state index contributed by atoms with van der Waals surface area (Å²) in [4.78, 5) is 24.6. The monoisotopic (exact) mass is 283 g/mol. The summed E-state index contributed by atoms with van der Waals surface area (Å²) < 4.78 is 0.164. The lowest BCUT2D eigenvalue weighted by atomic mass is 10.2. The van der Waals surface area contributed by atoms with E-state index in [0.29, 0.717) is 12.2 Å². The number of carboxylic acid groups (broad SMARTS) is 1. The van der Waals surface area contributed by atoms with Gasteiger partial charge < -0.3 is 20.5 Å². The van der Waals surface area contributed by atoms with Crippen LogP contribution < -0.4 is 5.32 Å². The zero-order valence-electron chi connectivity index (χ0n) is 10.3. The first-order chi connectivity index (χ1) is 8.97. The number of nitrogens with one attached hydrogen (secondary N) is 1. The van der Waals surface area contributed by atoms with E-state index in [-0.39, 0.29) is 10.3 Å². The van der Waals surface area contributed by atoms with Crippen LogP contribution in [0.1, 0.15) is 23.2 Å². The van der Waals surface area contributed by atoms with Crippen molar-refractivity contribution in [3.63, 3.8) is 0 Å². The predicted octanol–water partition coefficient (Wildman–Crippen LogP) is 2.00. The summed E-state index contributed by atoms with van der Waals surface area (Å²) in [5.74, 6) is -1.67. The zero-order chi connectivity index (χ0) is 14.0. The molecule has 0 aliphatic heterocycles. The molecule has 2 N–H and O–H groups in total. The Morgan fingerprint density at radius 1 is 1.68 bits per heavy atom. The van der Waals surface area contributed by atoms with Gasteiger partial charge in [-0.05, 0) is 29.0 Å². The average molecular weight is 283 g/mol. The number of aromatic carboxylic acids is 1. The van der Waals surface area contributed by atoms with E-state index >= 15 is 0 Å². The van der Waals surface area contributed by atoms with E-state index in [4.69, 9.17) is 5.11 Å². The number of pyridine rings is 1. The zero-order valence-corrected chi connectivity index (χ0v) is 11.1. The van der Waals surface area contributed by atoms with Crippen molar-refractivity contribution in [1.29, 1.82) is 0 Å². The van der Waals surface area contributed by atoms with Gasteiger partial charge in [0.15, 0.2) is 6.20 Å². The normalized spacial score (nSPS) is 15.8. The number of aromatic nitrogens is 1. The van der Waals surface area contributed by atoms with Crippen molar-refractivity contribution in [2.24, 2.45) is 0 Å². The SMILES string of the molecule is CSC1(CNc2cnc([N+](=O)[O-])cc2C(=O)O)CC1. The van der Waals surface area contributed by atoms with Crippen molar-refractivity contribution in [2.75, 3.05) is 18.1 Å². The predicted molar refractivity (Wildman–Crippen MR) is 71.8 cm³/mol. The van der Waals surface area contributed by atoms with E-state index in [1.54, 1.807) is 11.8 Å². The largest absolute Gasteiger partial charge is 0.478 e. The van der Waals surface area contributed by atoms with Crippen LogP contribution in [0.5, 0.6) is 0 Å². The lowest BCUT2D eigenvalue weighted by Gasteiger charge is -2.14. The molecule has 0 spiro atoms. The van der Waals surface area contributed by atoms with Gasteiger partial charge in [-0.3, -0.25) is 0 Å². The molecule has 0 radical (unpaired) electrons. The van der Waals surface area contributed by atoms with Crippen molar-refractivity contribution in [2.45, 2.75) is 17.6 Å². The summed E-state index contributed by atoms with van der Waals surface area (Å²) >= 11 is 1.74. The van der Waals surface area contributed by atoms with Crippen LogP contribution in [-0.2, 0) is 0 Å². The van der Waals surface area contributed by atoms with Crippen LogP contribution in [0.3, 0.4) is 0 Å². The second-order valence-electron chi connectivity index (χ2n) is 4.39. The smallest absolute Gasteiger partial charge is 0.364 e. The highest BCUT2D eigenvalue weighted by Crippen LogP contribution is 2.47. The first kappa shape index (κ1) is 13.6. The number of carboxylic acids is 1. The fourth-order valence-corrected chi connectivity index (χ4v) is 2.44. The Labute approximate surface area is 113 Å². The standard InChI is InChI=1S/C11H13N3O4S/c1-19-11(2-3-11)6-13-8-5-12-9(14(17)18)4-7(8)10(15)16/h4-5,13H,2-3,6H2,1H3,(H,15,16). The van der Waals surface area contributed by atoms with E-state index in [2.05, 4.69) is 10.3 Å². The van der Waals surface area contributed by atoms with E-state index in [1.807, 2.05) is 6.26 Å². The van der Waals surface area contributed by atoms with Crippen molar-refractivity contribution in [3.05, 3.63) is 27.9 Å². The summed E-state index contributed by atoms with van der Waals surface area (Å²) in [6.45, 7) is 0.633. The number of rotatable bonds is 6. The van der Waals surface area contributed by atoms with Gasteiger partial charge in [0.05, 0.1) is 17.3 Å². The fourth-order valence-electron chi connectivity index (χ4n) is 1.71. The number of carbonyl (C=O) groups is 1. The van der Waals surface area contributed by atoms with Crippen LogP contribution >= 0.6 is 11.8 Å². The summed E-state index contributed by atoms with van der Waals surface area (Å²) in [5.41, 5.74) is 0.192. The van der Waals surface area contributed by atoms with Crippen molar-refractivity contribution in [3.8, 4) is 0 Å². The van der Waals surface area contributed by atoms with Crippen LogP contribution in [0.2, 0.25) is 0 Å². The van der Waals surface area contributed by atoms with Crippen LogP contribution in [0.4, 0.5) is 11.5 Å². The highest BCUT2D eigenvalue weighted by Gasteiger charge is 2.41. The molecule has 0 saturated heterocycles. The molecule has 2 rings (SSSR count). The highest BCUT2D eigenvalue weighted by molar-refractivity contribution is 8.00. The third kappa shape index (κ3) is 2.95. The minimum atomic E-state index is -1.21. The molecule has 1 saturated carbocycles. The van der Waals surface area contributed by atoms with E-state index in [9.17, 15) is 14.9 Å². The van der Waals surface area contributed by atoms with Crippen LogP contribution in [-0.4, -0.2) is 38.5 Å². The number of thioether (sulfide) groups is 1. The molecule has 102 valence electrons. The summed E-state index contributed by atoms with van der Waals surface area (Å²) in [5, 5.41) is 22.7. The molecule has 1 aromatic rings. The van der Waals surface area contributed by atoms with Gasteiger partial charge in [-0.1, -0.05) is 0 Å². The Kier molecular flexibility index (Phi) is 3.61. The number of anilines is 1. The molecule has 1 heterocycles. The topological polar surface area (TPSA) is 105 Å². The maximum atomic E-state index is 11.1. The lowest BCUT2D eigenvalue weighted by molar-refractivity contribution is -0.389. The lowest BCUT2D eigenvalue weighted by Crippen LogP contribution is -2.19. The Hall–Kier alpha value is -1.83. The number of hydrogen-bond acceptors (Lipinski definition) is 6. The minimum Gasteiger partial charge on any atom is -0.478 e. The first-order valence-electron chi connectivity index (χ1n) is 5.64. The molecule has 0 atom stereocenters. The van der Waals surface area contributed by atoms with Crippen molar-refractivity contribution in [1.82, 2.24) is 4.98 Å². The molecule has 0 aromatic carbocycles. The Bertz CT molecular complexity index is 531. The molecule has 1 aliphatic rings. The Morgan fingerprint density at radius 2 is 2.37 bits per heavy atom. The van der Waals surface area contributed by atoms with Gasteiger partial charge >= 0.3 is 11.8 Å². The van der Waals surface area contributed by atoms with Gasteiger partial charge in [0, 0.05) is 11.3 Å². The maximum Gasteiger partial charge on any atom is 0.364 e. The number of hydrogen-bond donors (Lipinski definition) is 2. The summed E-state index contributed by atoms with van der Waals surface area (Å²) in [7, 11) is 0. The highest BCUT2D eigenvalue weighted by atomic mass is 32.2. The molecular weight excluding hydrogens is 270 g/mol. The van der Waals surface area contributed by atoms with Gasteiger partial charge in [0.25, 0.3) is 0 Å². The average Bonchev–Trinajstić information content (AvgIpc) is 3.16. The molecule has 0 amide bonds. The van der Waals surface area contributed by atoms with Crippen molar-refractivity contribution < 1.29 is 14.8 Å². The molecule has 0 unspecified atom stereocenters. The summed E-state index contributed by atoms with van der Waals surface area (Å²) in [6, 6.07) is 0.976. The van der Waals surface area contributed by atoms with Gasteiger partial charge in [0.2, 0.25) is 0 Å². The van der Waals surface area contributed by atoms with Crippen LogP contribution in [0.15, 0.2) is 12.3 Å². The molecule has 1 aliphatic carbocycles. The Morgan fingerprint density at radius 3 is 2.84 bits per heavy atom. The molecule has 1 aromatic heterocycles. The van der Waals surface area contributed by atoms with Gasteiger partial charge in [-0.2, -0.15) is 11.8 Å². The molecule has 1 fully saturated rings. The van der Waals surface area contributed by atoms with Crippen LogP contribution in [0.25, 0.3) is 0 Å². The van der Waals surface area contributed by atoms with Crippen molar-refractivity contribution >= 4 is 29.2 Å². The second kappa shape index (κ2) is 5.04. The molecule has 19 heavy (non-hydrogen) atoms. The molecule has 7 nitrogen and oxygen atoms in total. The van der Waals surface area contributed by atoms with E-state index in [0.717, 1.165) is 18.9 Å². The van der Waals surface area contributed by atoms with Gasteiger partial charge in [0.1, 0.15) is 0 Å². The van der Waals surface area contributed by atoms with E-state index < -0.39 is 16.7 Å². The minimum absolute atomic E-state index is 0.126. The molecular formula is C11H13N3O4S. The van der Waals surface area contributed by atoms with E-state index in [1.165, 1.54) is 6.20 Å². The third-order valence-corrected chi connectivity index (χ3v) is 4.57. The quantitative estimate of drug-likeness (QED) is 0.607. The summed E-state index contributed by atoms with van der Waals surface area (Å²) in [6.07, 6.45) is 5.40. The van der Waals surface area contributed by atoms with Gasteiger partial charge in [-0.15, -0.1) is 0 Å². The first-order valence-corrected chi connectivity index (χ1v) is 6.87. The second-order valence-corrected chi connectivity index (χ2v) is 5.67. The fraction of sp³-hybridized carbons (Fsp3) is 0.455.